The van der Waals surface area contributed by atoms with Crippen molar-refractivity contribution in [3.8, 4) is 5.75 Å². The molecule has 0 radical (unpaired) electrons. The van der Waals surface area contributed by atoms with E-state index in [0.717, 1.165) is 44.9 Å². The Morgan fingerprint density at radius 3 is 1.20 bits per heavy atom. The number of ether oxygens (including phenoxy) is 2. The van der Waals surface area contributed by atoms with Gasteiger partial charge in [-0.05, 0) is 55.6 Å². The van der Waals surface area contributed by atoms with Crippen LogP contribution in [0.2, 0.25) is 0 Å². The van der Waals surface area contributed by atoms with Gasteiger partial charge in [-0.3, -0.25) is 0 Å². The largest absolute Gasteiger partial charge is 0.507 e. The Kier molecular flexibility index (Phi) is 43.0. The van der Waals surface area contributed by atoms with Crippen LogP contribution in [0.15, 0.2) is 24.3 Å². The molecule has 7 heteroatoms. The minimum Gasteiger partial charge on any atom is -0.507 e. The van der Waals surface area contributed by atoms with E-state index in [-0.39, 0.29) is 22.8 Å². The second-order valence-corrected chi connectivity index (χ2v) is 22.5. The van der Waals surface area contributed by atoms with Gasteiger partial charge in [0.05, 0.1) is 0 Å². The number of carbonyl (C=O) groups excluding carboxylic acids is 2. The average Bonchev–Trinajstić information content (AvgIpc) is 3.31. The molecule has 0 heterocycles. The van der Waals surface area contributed by atoms with Gasteiger partial charge in [0.25, 0.3) is 0 Å². The molecule has 404 valence electrons. The molecule has 0 spiro atoms. The molecule has 1 aliphatic carbocycles. The molecule has 0 aromatic heterocycles. The molecule has 0 aliphatic heterocycles. The van der Waals surface area contributed by atoms with Crippen LogP contribution in [-0.2, 0) is 14.3 Å². The Morgan fingerprint density at radius 2 is 0.855 bits per heavy atom. The fraction of sp³-hybridized carbons (Fsp3) is 0.871. The van der Waals surface area contributed by atoms with E-state index < -0.39 is 24.3 Å². The van der Waals surface area contributed by atoms with Crippen LogP contribution >= 0.6 is 0 Å². The average molecular weight is 972 g/mol. The van der Waals surface area contributed by atoms with E-state index in [1.54, 1.807) is 18.2 Å². The minimum atomic E-state index is -1.11. The number of carbonyl (C=O) groups is 2. The van der Waals surface area contributed by atoms with E-state index in [9.17, 15) is 24.9 Å². The highest BCUT2D eigenvalue weighted by Gasteiger charge is 2.34. The van der Waals surface area contributed by atoms with Gasteiger partial charge >= 0.3 is 11.9 Å². The molecule has 1 aromatic carbocycles. The van der Waals surface area contributed by atoms with E-state index in [2.05, 4.69) is 34.6 Å². The van der Waals surface area contributed by atoms with Gasteiger partial charge in [0.1, 0.15) is 17.4 Å². The Bertz CT molecular complexity index is 1300. The number of esters is 2. The molecule has 0 bridgehead atoms. The van der Waals surface area contributed by atoms with Gasteiger partial charge in [-0.15, -0.1) is 0 Å². The van der Waals surface area contributed by atoms with Crippen LogP contribution in [-0.4, -0.2) is 45.8 Å². The van der Waals surface area contributed by atoms with Crippen LogP contribution in [0, 0.1) is 11.3 Å². The van der Waals surface area contributed by atoms with E-state index >= 15 is 0 Å². The first-order chi connectivity index (χ1) is 33.5. The van der Waals surface area contributed by atoms with Gasteiger partial charge in [-0.2, -0.15) is 0 Å². The number of unbranched alkanes of at least 4 members (excludes halogenated alkanes) is 37. The number of aromatic hydroxyl groups is 1. The third-order valence-corrected chi connectivity index (χ3v) is 14.7. The zero-order valence-corrected chi connectivity index (χ0v) is 46.2. The lowest BCUT2D eigenvalue weighted by atomic mass is 9.71. The normalized spacial score (nSPS) is 16.4. The van der Waals surface area contributed by atoms with Crippen LogP contribution in [0.4, 0.5) is 0 Å². The van der Waals surface area contributed by atoms with Crippen molar-refractivity contribution in [3.63, 3.8) is 0 Å². The number of benzene rings is 1. The summed E-state index contributed by atoms with van der Waals surface area (Å²) in [5.41, 5.74) is 0.458. The summed E-state index contributed by atoms with van der Waals surface area (Å²) in [5.74, 6) is -0.540. The highest BCUT2D eigenvalue weighted by molar-refractivity contribution is 5.92. The first-order valence-electron chi connectivity index (χ1n) is 30.0. The number of hydrogen-bond acceptors (Lipinski definition) is 7. The fourth-order valence-electron chi connectivity index (χ4n) is 10.6. The highest BCUT2D eigenvalue weighted by atomic mass is 16.6. The summed E-state index contributed by atoms with van der Waals surface area (Å²) in [6.07, 6.45) is 53.9. The number of aliphatic hydroxyl groups is 2. The monoisotopic (exact) mass is 971 g/mol. The maximum Gasteiger partial charge on any atom is 0.342 e. The predicted octanol–water partition coefficient (Wildman–Crippen LogP) is 19.0. The van der Waals surface area contributed by atoms with Crippen LogP contribution in [0.1, 0.15) is 327 Å². The Hall–Kier alpha value is -2.12. The SMILES string of the molecule is CC1CC(OC(=O)c2ccccc2O)CC(C)(C)C1.CCCCCCCCCCCCCCCCCCCCCCCCCCCC(O)OC(=O)C(O)CCCCCCCCCCCCCCCC. The summed E-state index contributed by atoms with van der Waals surface area (Å²) >= 11 is 0. The van der Waals surface area contributed by atoms with E-state index in [1.807, 2.05) is 0 Å². The topological polar surface area (TPSA) is 113 Å². The third-order valence-electron chi connectivity index (χ3n) is 14.7. The maximum atomic E-state index is 12.1. The fourth-order valence-corrected chi connectivity index (χ4v) is 10.6. The van der Waals surface area contributed by atoms with Crippen molar-refractivity contribution in [1.82, 2.24) is 0 Å². The van der Waals surface area contributed by atoms with Crippen molar-refractivity contribution in [3.05, 3.63) is 29.8 Å². The van der Waals surface area contributed by atoms with Crippen LogP contribution in [0.3, 0.4) is 0 Å². The molecule has 1 aliphatic rings. The van der Waals surface area contributed by atoms with Gasteiger partial charge in [-0.25, -0.2) is 9.59 Å². The summed E-state index contributed by atoms with van der Waals surface area (Å²) in [5, 5.41) is 29.9. The molecule has 0 saturated heterocycles. The minimum absolute atomic E-state index is 0.0179. The molecule has 1 saturated carbocycles. The number of aliphatic hydroxyl groups excluding tert-OH is 2. The number of phenols is 1. The second kappa shape index (κ2) is 45.7. The van der Waals surface area contributed by atoms with Gasteiger partial charge in [0.15, 0.2) is 6.10 Å². The maximum absolute atomic E-state index is 12.1. The molecule has 2 rings (SSSR count). The summed E-state index contributed by atoms with van der Waals surface area (Å²) in [6, 6.07) is 6.51. The summed E-state index contributed by atoms with van der Waals surface area (Å²) in [7, 11) is 0. The van der Waals surface area contributed by atoms with Crippen LogP contribution in [0.25, 0.3) is 0 Å². The zero-order valence-electron chi connectivity index (χ0n) is 46.2. The molecule has 7 nitrogen and oxygen atoms in total. The first kappa shape index (κ1) is 64.9. The molecule has 4 unspecified atom stereocenters. The molecular weight excluding hydrogens is 857 g/mol. The van der Waals surface area contributed by atoms with Crippen LogP contribution < -0.4 is 0 Å². The van der Waals surface area contributed by atoms with Crippen LogP contribution in [0.5, 0.6) is 5.75 Å². The van der Waals surface area contributed by atoms with E-state index in [1.165, 1.54) is 231 Å². The lowest BCUT2D eigenvalue weighted by Crippen LogP contribution is -2.34. The van der Waals surface area contributed by atoms with E-state index in [4.69, 9.17) is 9.47 Å². The molecule has 0 amide bonds. The van der Waals surface area contributed by atoms with Crippen molar-refractivity contribution in [2.45, 2.75) is 336 Å². The molecule has 3 N–H and O–H groups in total. The molecule has 1 aromatic rings. The summed E-state index contributed by atoms with van der Waals surface area (Å²) in [4.78, 5) is 24.2. The second-order valence-electron chi connectivity index (χ2n) is 22.5. The highest BCUT2D eigenvalue weighted by Crippen LogP contribution is 2.40. The number of hydrogen-bond donors (Lipinski definition) is 3. The third kappa shape index (κ3) is 40.1. The lowest BCUT2D eigenvalue weighted by Gasteiger charge is -2.38. The number of phenolic OH excluding ortho intramolecular Hbond substituents is 1. The van der Waals surface area contributed by atoms with Crippen molar-refractivity contribution < 1.29 is 34.4 Å². The summed E-state index contributed by atoms with van der Waals surface area (Å²) < 4.78 is 10.7. The van der Waals surface area contributed by atoms with Crippen molar-refractivity contribution >= 4 is 11.9 Å². The molecule has 1 fully saturated rings. The van der Waals surface area contributed by atoms with Crippen molar-refractivity contribution in [2.24, 2.45) is 11.3 Å². The van der Waals surface area contributed by atoms with Gasteiger partial charge in [0, 0.05) is 6.42 Å². The number of para-hydroxylation sites is 1. The smallest absolute Gasteiger partial charge is 0.342 e. The Balaban J connectivity index is 0.00000103. The van der Waals surface area contributed by atoms with Crippen molar-refractivity contribution in [1.29, 1.82) is 0 Å². The van der Waals surface area contributed by atoms with Gasteiger partial charge < -0.3 is 24.8 Å². The van der Waals surface area contributed by atoms with Gasteiger partial charge in [-0.1, -0.05) is 291 Å². The Morgan fingerprint density at radius 1 is 0.522 bits per heavy atom. The molecule has 69 heavy (non-hydrogen) atoms. The molecular formula is C62H114O7. The standard InChI is InChI=1S/C46H92O4.C16H22O3/c1-3-5-7-9-11-13-15-17-19-20-21-22-23-24-25-26-27-28-29-31-33-35-37-39-41-43-45(48)50-46(49)44(47)42-40-38-36-34-32-30-18-16-14-12-10-8-6-4-2;1-11-8-12(10-16(2,3)9-11)19-15(18)13-6-4-5-7-14(13)17/h44-45,47-48H,3-43H2,1-2H3;4-7,11-12,17H,8-10H2,1-3H3. The molecule has 4 atom stereocenters. The first-order valence-corrected chi connectivity index (χ1v) is 30.0. The Labute approximate surface area is 427 Å². The quantitative estimate of drug-likeness (QED) is 0.0339. The summed E-state index contributed by atoms with van der Waals surface area (Å²) in [6.45, 7) is 11.2. The van der Waals surface area contributed by atoms with Gasteiger partial charge in [0.2, 0.25) is 6.29 Å². The lowest BCUT2D eigenvalue weighted by molar-refractivity contribution is -0.178. The van der Waals surface area contributed by atoms with Crippen molar-refractivity contribution in [2.75, 3.05) is 0 Å². The van der Waals surface area contributed by atoms with E-state index in [0.29, 0.717) is 18.8 Å². The zero-order chi connectivity index (χ0) is 50.5. The number of rotatable bonds is 45. The predicted molar refractivity (Wildman–Crippen MR) is 293 cm³/mol.